The summed E-state index contributed by atoms with van der Waals surface area (Å²) < 4.78 is 0. The van der Waals surface area contributed by atoms with Gasteiger partial charge in [-0.1, -0.05) is 30.4 Å². The first kappa shape index (κ1) is 6.64. The molecule has 0 bridgehead atoms. The molecule has 0 saturated heterocycles. The van der Waals surface area contributed by atoms with Crippen LogP contribution in [0.4, 0.5) is 0 Å². The molecule has 0 aliphatic heterocycles. The number of rotatable bonds is 1. The number of benzene rings is 1. The van der Waals surface area contributed by atoms with Gasteiger partial charge in [-0.05, 0) is 16.6 Å². The van der Waals surface area contributed by atoms with E-state index in [9.17, 15) is 0 Å². The summed E-state index contributed by atoms with van der Waals surface area (Å²) >= 11 is 0. The first-order chi connectivity index (χ1) is 5.27. The molecule has 0 fully saturated rings. The molecule has 1 aliphatic rings. The van der Waals surface area contributed by atoms with Gasteiger partial charge in [0.05, 0.1) is 0 Å². The van der Waals surface area contributed by atoms with Crippen molar-refractivity contribution in [3.8, 4) is 0 Å². The van der Waals surface area contributed by atoms with Gasteiger partial charge in [-0.3, -0.25) is 0 Å². The highest BCUT2D eigenvalue weighted by Crippen LogP contribution is 2.21. The van der Waals surface area contributed by atoms with Gasteiger partial charge in [0.2, 0.25) is 0 Å². The van der Waals surface area contributed by atoms with Crippen LogP contribution in [0.2, 0.25) is 0 Å². The normalized spacial score (nSPS) is 12.2. The zero-order valence-electron chi connectivity index (χ0n) is 5.86. The summed E-state index contributed by atoms with van der Waals surface area (Å²) in [4.78, 5) is 0. The predicted molar refractivity (Wildman–Crippen MR) is 45.2 cm³/mol. The highest BCUT2D eigenvalue weighted by atomic mass is 16.4. The minimum Gasteiger partial charge on any atom is -0.423 e. The van der Waals surface area contributed by atoms with E-state index in [1.54, 1.807) is 12.1 Å². The van der Waals surface area contributed by atoms with E-state index in [1.165, 1.54) is 0 Å². The zero-order chi connectivity index (χ0) is 7.84. The van der Waals surface area contributed by atoms with Crippen molar-refractivity contribution in [1.29, 1.82) is 0 Å². The fraction of sp³-hybridized carbons (Fsp3) is 0. The monoisotopic (exact) mass is 146 g/mol. The smallest absolute Gasteiger partial charge is 0.423 e. The van der Waals surface area contributed by atoms with Crippen molar-refractivity contribution in [2.45, 2.75) is 0 Å². The average molecular weight is 146 g/mol. The summed E-state index contributed by atoms with van der Waals surface area (Å²) in [6, 6.07) is 5.37. The molecule has 54 valence electrons. The van der Waals surface area contributed by atoms with Crippen LogP contribution in [0.5, 0.6) is 0 Å². The van der Waals surface area contributed by atoms with E-state index in [1.807, 2.05) is 18.2 Å². The quantitative estimate of drug-likeness (QED) is 0.549. The van der Waals surface area contributed by atoms with Crippen LogP contribution in [0.25, 0.3) is 12.2 Å². The average Bonchev–Trinajstić information content (AvgIpc) is 1.91. The lowest BCUT2D eigenvalue weighted by molar-refractivity contribution is 0.426. The Hall–Kier alpha value is -1.06. The lowest BCUT2D eigenvalue weighted by Crippen LogP contribution is -2.30. The molecule has 2 nitrogen and oxygen atoms in total. The first-order valence-corrected chi connectivity index (χ1v) is 3.45. The summed E-state index contributed by atoms with van der Waals surface area (Å²) in [5, 5.41) is 17.6. The van der Waals surface area contributed by atoms with E-state index < -0.39 is 7.12 Å². The SMILES string of the molecule is OB(O)c1ccc2c(c1)C=C2. The van der Waals surface area contributed by atoms with Crippen molar-refractivity contribution in [1.82, 2.24) is 0 Å². The molecule has 0 spiro atoms. The molecule has 0 atom stereocenters. The van der Waals surface area contributed by atoms with E-state index in [0.29, 0.717) is 5.46 Å². The number of hydrogen-bond donors (Lipinski definition) is 2. The van der Waals surface area contributed by atoms with Crippen LogP contribution in [-0.4, -0.2) is 17.2 Å². The Morgan fingerprint density at radius 2 is 1.73 bits per heavy atom. The first-order valence-electron chi connectivity index (χ1n) is 3.45. The summed E-state index contributed by atoms with van der Waals surface area (Å²) in [5.74, 6) is 0. The van der Waals surface area contributed by atoms with E-state index in [2.05, 4.69) is 0 Å². The van der Waals surface area contributed by atoms with Crippen LogP contribution < -0.4 is 5.46 Å². The fourth-order valence-electron chi connectivity index (χ4n) is 1.13. The second-order valence-electron chi connectivity index (χ2n) is 2.60. The molecule has 1 aliphatic carbocycles. The second kappa shape index (κ2) is 2.22. The standard InChI is InChI=1S/C8H7BO2/c10-9(11)8-4-3-6-1-2-7(6)5-8/h1-5,10-11H. The summed E-state index contributed by atoms with van der Waals surface area (Å²) in [6.07, 6.45) is 3.93. The Bertz CT molecular complexity index is 318. The molecule has 3 heteroatoms. The van der Waals surface area contributed by atoms with Crippen LogP contribution in [0, 0.1) is 0 Å². The molecule has 2 N–H and O–H groups in total. The summed E-state index contributed by atoms with van der Waals surface area (Å²) in [6.45, 7) is 0. The molecule has 0 heterocycles. The number of hydrogen-bond acceptors (Lipinski definition) is 2. The molecule has 2 rings (SSSR count). The van der Waals surface area contributed by atoms with E-state index in [0.717, 1.165) is 11.1 Å². The van der Waals surface area contributed by atoms with Crippen molar-refractivity contribution in [3.63, 3.8) is 0 Å². The van der Waals surface area contributed by atoms with Gasteiger partial charge in [0.15, 0.2) is 0 Å². The molecule has 1 aromatic carbocycles. The van der Waals surface area contributed by atoms with E-state index in [4.69, 9.17) is 10.0 Å². The highest BCUT2D eigenvalue weighted by molar-refractivity contribution is 6.58. The van der Waals surface area contributed by atoms with E-state index >= 15 is 0 Å². The van der Waals surface area contributed by atoms with Gasteiger partial charge in [0.25, 0.3) is 0 Å². The lowest BCUT2D eigenvalue weighted by atomic mass is 9.77. The van der Waals surface area contributed by atoms with E-state index in [-0.39, 0.29) is 0 Å². The molecule has 11 heavy (non-hydrogen) atoms. The Kier molecular flexibility index (Phi) is 1.34. The van der Waals surface area contributed by atoms with Crippen molar-refractivity contribution >= 4 is 24.7 Å². The van der Waals surface area contributed by atoms with Crippen molar-refractivity contribution in [2.75, 3.05) is 0 Å². The minimum atomic E-state index is -1.35. The third kappa shape index (κ3) is 0.983. The van der Waals surface area contributed by atoms with Gasteiger partial charge in [-0.25, -0.2) is 0 Å². The third-order valence-electron chi connectivity index (χ3n) is 1.85. The molecule has 0 saturated carbocycles. The van der Waals surface area contributed by atoms with Gasteiger partial charge in [-0.2, -0.15) is 0 Å². The topological polar surface area (TPSA) is 40.5 Å². The van der Waals surface area contributed by atoms with Crippen LogP contribution in [0.15, 0.2) is 18.2 Å². The molecular formula is C8H7BO2. The van der Waals surface area contributed by atoms with Crippen molar-refractivity contribution < 1.29 is 10.0 Å². The number of fused-ring (bicyclic) bond motifs is 1. The Morgan fingerprint density at radius 3 is 2.18 bits per heavy atom. The summed E-state index contributed by atoms with van der Waals surface area (Å²) in [5.41, 5.74) is 2.79. The van der Waals surface area contributed by atoms with Crippen LogP contribution >= 0.6 is 0 Å². The maximum Gasteiger partial charge on any atom is 0.488 e. The Morgan fingerprint density at radius 1 is 1.00 bits per heavy atom. The fourth-order valence-corrected chi connectivity index (χ4v) is 1.13. The van der Waals surface area contributed by atoms with Gasteiger partial charge < -0.3 is 10.0 Å². The molecular weight excluding hydrogens is 139 g/mol. The largest absolute Gasteiger partial charge is 0.488 e. The second-order valence-corrected chi connectivity index (χ2v) is 2.60. The molecule has 0 unspecified atom stereocenters. The van der Waals surface area contributed by atoms with Crippen LogP contribution in [0.3, 0.4) is 0 Å². The van der Waals surface area contributed by atoms with Gasteiger partial charge >= 0.3 is 7.12 Å². The van der Waals surface area contributed by atoms with Crippen LogP contribution in [-0.2, 0) is 0 Å². The Balaban J connectivity index is 2.42. The van der Waals surface area contributed by atoms with Crippen molar-refractivity contribution in [2.24, 2.45) is 0 Å². The van der Waals surface area contributed by atoms with Gasteiger partial charge in [0.1, 0.15) is 0 Å². The molecule has 0 aromatic heterocycles. The Labute approximate surface area is 64.9 Å². The maximum atomic E-state index is 8.79. The third-order valence-corrected chi connectivity index (χ3v) is 1.85. The molecule has 1 aromatic rings. The lowest BCUT2D eigenvalue weighted by Gasteiger charge is -2.11. The zero-order valence-corrected chi connectivity index (χ0v) is 5.86. The molecule has 0 amide bonds. The van der Waals surface area contributed by atoms with Crippen molar-refractivity contribution in [3.05, 3.63) is 29.3 Å². The molecule has 0 radical (unpaired) electrons. The summed E-state index contributed by atoms with van der Waals surface area (Å²) in [7, 11) is -1.35. The maximum absolute atomic E-state index is 8.79. The highest BCUT2D eigenvalue weighted by Gasteiger charge is 2.13. The minimum absolute atomic E-state index is 0.549. The van der Waals surface area contributed by atoms with Crippen LogP contribution in [0.1, 0.15) is 11.1 Å². The van der Waals surface area contributed by atoms with Gasteiger partial charge in [-0.15, -0.1) is 0 Å². The predicted octanol–water partition coefficient (Wildman–Crippen LogP) is -0.150. The van der Waals surface area contributed by atoms with Gasteiger partial charge in [0, 0.05) is 0 Å².